The maximum absolute atomic E-state index is 6.29. The summed E-state index contributed by atoms with van der Waals surface area (Å²) < 4.78 is 11.0. The average Bonchev–Trinajstić information content (AvgIpc) is 3.25. The van der Waals surface area contributed by atoms with Crippen molar-refractivity contribution in [1.29, 1.82) is 0 Å². The van der Waals surface area contributed by atoms with Crippen molar-refractivity contribution < 1.29 is 9.47 Å². The van der Waals surface area contributed by atoms with E-state index in [1.54, 1.807) is 20.4 Å². The van der Waals surface area contributed by atoms with Crippen molar-refractivity contribution in [1.82, 2.24) is 15.6 Å². The van der Waals surface area contributed by atoms with Crippen LogP contribution in [-0.4, -0.2) is 57.4 Å². The zero-order valence-electron chi connectivity index (χ0n) is 18.5. The number of hydrogen-bond donors (Lipinski definition) is 2. The molecule has 1 unspecified atom stereocenters. The van der Waals surface area contributed by atoms with Gasteiger partial charge in [0.15, 0.2) is 17.5 Å². The standard InChI is InChI=1S/C23H32ClN5O2/c1-4-31-21-15-17(9-10-20(21)30-3)7-5-13-27-23(25-2)28-18-11-14-29(16-18)22-19(24)8-6-12-26-22/h6,8-10,12,15,18H,4-5,7,11,13-14,16H2,1-3H3,(H2,25,27,28). The topological polar surface area (TPSA) is 71.0 Å². The van der Waals surface area contributed by atoms with Gasteiger partial charge in [0.05, 0.1) is 18.7 Å². The van der Waals surface area contributed by atoms with Crippen molar-refractivity contribution in [2.24, 2.45) is 4.99 Å². The highest BCUT2D eigenvalue weighted by Gasteiger charge is 2.25. The molecule has 1 atom stereocenters. The fourth-order valence-corrected chi connectivity index (χ4v) is 3.95. The van der Waals surface area contributed by atoms with Crippen LogP contribution in [0.5, 0.6) is 11.5 Å². The molecule has 1 aromatic carbocycles. The predicted octanol–water partition coefficient (Wildman–Crippen LogP) is 3.52. The average molecular weight is 446 g/mol. The SMILES string of the molecule is CCOc1cc(CCCNC(=NC)NC2CCN(c3ncccc3Cl)C2)ccc1OC. The number of ether oxygens (including phenoxy) is 2. The Bertz CT molecular complexity index is 877. The minimum Gasteiger partial charge on any atom is -0.493 e. The van der Waals surface area contributed by atoms with Gasteiger partial charge in [0.1, 0.15) is 5.82 Å². The zero-order valence-corrected chi connectivity index (χ0v) is 19.3. The number of benzene rings is 1. The molecule has 8 heteroatoms. The number of guanidine groups is 1. The highest BCUT2D eigenvalue weighted by molar-refractivity contribution is 6.32. The molecule has 7 nitrogen and oxygen atoms in total. The van der Waals surface area contributed by atoms with E-state index in [-0.39, 0.29) is 0 Å². The molecule has 2 N–H and O–H groups in total. The van der Waals surface area contributed by atoms with Crippen molar-refractivity contribution in [3.05, 3.63) is 47.1 Å². The van der Waals surface area contributed by atoms with Gasteiger partial charge in [0, 0.05) is 38.9 Å². The maximum atomic E-state index is 6.29. The van der Waals surface area contributed by atoms with Crippen LogP contribution in [-0.2, 0) is 6.42 Å². The molecule has 0 radical (unpaired) electrons. The fraction of sp³-hybridized carbons (Fsp3) is 0.478. The molecule has 0 amide bonds. The predicted molar refractivity (Wildman–Crippen MR) is 127 cm³/mol. The van der Waals surface area contributed by atoms with Gasteiger partial charge in [-0.1, -0.05) is 17.7 Å². The van der Waals surface area contributed by atoms with E-state index >= 15 is 0 Å². The Kier molecular flexibility index (Phi) is 8.64. The van der Waals surface area contributed by atoms with E-state index in [0.717, 1.165) is 62.2 Å². The Morgan fingerprint density at radius 3 is 2.94 bits per heavy atom. The number of halogens is 1. The smallest absolute Gasteiger partial charge is 0.191 e. The molecule has 0 spiro atoms. The van der Waals surface area contributed by atoms with Crippen LogP contribution in [0.4, 0.5) is 5.82 Å². The highest BCUT2D eigenvalue weighted by Crippen LogP contribution is 2.28. The fourth-order valence-electron chi connectivity index (χ4n) is 3.71. The summed E-state index contributed by atoms with van der Waals surface area (Å²) in [5.74, 6) is 3.24. The van der Waals surface area contributed by atoms with Crippen molar-refractivity contribution in [2.45, 2.75) is 32.2 Å². The second kappa shape index (κ2) is 11.6. The first kappa shape index (κ1) is 23.0. The number of methoxy groups -OCH3 is 1. The monoisotopic (exact) mass is 445 g/mol. The number of anilines is 1. The van der Waals surface area contributed by atoms with E-state index in [1.807, 2.05) is 25.1 Å². The van der Waals surface area contributed by atoms with Gasteiger partial charge in [0.25, 0.3) is 0 Å². The Labute approximate surface area is 189 Å². The normalized spacial score (nSPS) is 16.3. The quantitative estimate of drug-likeness (QED) is 0.349. The number of aromatic nitrogens is 1. The third kappa shape index (κ3) is 6.40. The van der Waals surface area contributed by atoms with Crippen LogP contribution in [0.2, 0.25) is 5.02 Å². The summed E-state index contributed by atoms with van der Waals surface area (Å²) in [6, 6.07) is 10.2. The molecular formula is C23H32ClN5O2. The van der Waals surface area contributed by atoms with E-state index in [2.05, 4.69) is 37.6 Å². The first-order chi connectivity index (χ1) is 15.1. The van der Waals surface area contributed by atoms with E-state index < -0.39 is 0 Å². The van der Waals surface area contributed by atoms with Gasteiger partial charge in [-0.25, -0.2) is 4.98 Å². The lowest BCUT2D eigenvalue weighted by molar-refractivity contribution is 0.310. The van der Waals surface area contributed by atoms with E-state index in [1.165, 1.54) is 5.56 Å². The molecule has 1 aromatic heterocycles. The van der Waals surface area contributed by atoms with Gasteiger partial charge in [-0.3, -0.25) is 4.99 Å². The van der Waals surface area contributed by atoms with Crippen LogP contribution in [0.1, 0.15) is 25.3 Å². The lowest BCUT2D eigenvalue weighted by Gasteiger charge is -2.20. The zero-order chi connectivity index (χ0) is 22.1. The third-order valence-electron chi connectivity index (χ3n) is 5.25. The minimum absolute atomic E-state index is 0.305. The number of aryl methyl sites for hydroxylation is 1. The summed E-state index contributed by atoms with van der Waals surface area (Å²) in [5, 5.41) is 7.62. The Balaban J connectivity index is 1.43. The summed E-state index contributed by atoms with van der Waals surface area (Å²) in [6.45, 7) is 5.20. The van der Waals surface area contributed by atoms with Gasteiger partial charge in [0.2, 0.25) is 0 Å². The second-order valence-electron chi connectivity index (χ2n) is 7.41. The molecular weight excluding hydrogens is 414 g/mol. The van der Waals surface area contributed by atoms with Gasteiger partial charge in [-0.2, -0.15) is 0 Å². The maximum Gasteiger partial charge on any atom is 0.191 e. The molecule has 0 saturated carbocycles. The van der Waals surface area contributed by atoms with Crippen LogP contribution >= 0.6 is 11.6 Å². The first-order valence-electron chi connectivity index (χ1n) is 10.8. The molecule has 0 bridgehead atoms. The summed E-state index contributed by atoms with van der Waals surface area (Å²) in [5.41, 5.74) is 1.23. The number of pyridine rings is 1. The van der Waals surface area contributed by atoms with Crippen LogP contribution in [0, 0.1) is 0 Å². The molecule has 2 aromatic rings. The number of hydrogen-bond acceptors (Lipinski definition) is 5. The summed E-state index contributed by atoms with van der Waals surface area (Å²) in [4.78, 5) is 11.0. The third-order valence-corrected chi connectivity index (χ3v) is 5.55. The van der Waals surface area contributed by atoms with Crippen molar-refractivity contribution in [2.75, 3.05) is 45.3 Å². The molecule has 1 fully saturated rings. The van der Waals surface area contributed by atoms with E-state index in [0.29, 0.717) is 17.7 Å². The Morgan fingerprint density at radius 2 is 2.19 bits per heavy atom. The summed E-state index contributed by atoms with van der Waals surface area (Å²) in [6.07, 6.45) is 4.73. The molecule has 1 aliphatic heterocycles. The summed E-state index contributed by atoms with van der Waals surface area (Å²) in [7, 11) is 3.46. The molecule has 3 rings (SSSR count). The van der Waals surface area contributed by atoms with E-state index in [9.17, 15) is 0 Å². The number of nitrogens with one attached hydrogen (secondary N) is 2. The molecule has 1 aliphatic rings. The second-order valence-corrected chi connectivity index (χ2v) is 7.81. The highest BCUT2D eigenvalue weighted by atomic mass is 35.5. The van der Waals surface area contributed by atoms with Crippen molar-refractivity contribution in [3.8, 4) is 11.5 Å². The van der Waals surface area contributed by atoms with Crippen LogP contribution in [0.3, 0.4) is 0 Å². The summed E-state index contributed by atoms with van der Waals surface area (Å²) >= 11 is 6.29. The number of nitrogens with zero attached hydrogens (tertiary/aromatic N) is 3. The van der Waals surface area contributed by atoms with Crippen molar-refractivity contribution in [3.63, 3.8) is 0 Å². The van der Waals surface area contributed by atoms with Crippen LogP contribution in [0.15, 0.2) is 41.5 Å². The van der Waals surface area contributed by atoms with E-state index in [4.69, 9.17) is 21.1 Å². The lowest BCUT2D eigenvalue weighted by atomic mass is 10.1. The van der Waals surface area contributed by atoms with Gasteiger partial charge >= 0.3 is 0 Å². The molecule has 168 valence electrons. The Morgan fingerprint density at radius 1 is 1.32 bits per heavy atom. The number of rotatable bonds is 9. The lowest BCUT2D eigenvalue weighted by Crippen LogP contribution is -2.45. The molecule has 31 heavy (non-hydrogen) atoms. The molecule has 2 heterocycles. The van der Waals surface area contributed by atoms with Gasteiger partial charge in [-0.15, -0.1) is 0 Å². The molecule has 1 saturated heterocycles. The largest absolute Gasteiger partial charge is 0.493 e. The van der Waals surface area contributed by atoms with Crippen LogP contribution < -0.4 is 25.0 Å². The van der Waals surface area contributed by atoms with Gasteiger partial charge in [-0.05, 0) is 56.0 Å². The first-order valence-corrected chi connectivity index (χ1v) is 11.1. The van der Waals surface area contributed by atoms with Crippen LogP contribution in [0.25, 0.3) is 0 Å². The minimum atomic E-state index is 0.305. The number of aliphatic imine (C=N–C) groups is 1. The van der Waals surface area contributed by atoms with Gasteiger partial charge < -0.3 is 25.0 Å². The Hall–Kier alpha value is -2.67. The molecule has 0 aliphatic carbocycles. The van der Waals surface area contributed by atoms with Crippen molar-refractivity contribution >= 4 is 23.4 Å².